The number of carboxylic acids is 1. The summed E-state index contributed by atoms with van der Waals surface area (Å²) in [4.78, 5) is 58.6. The van der Waals surface area contributed by atoms with Crippen LogP contribution in [-0.4, -0.2) is 106 Å². The number of H-pyrrole nitrogens is 1. The number of nitrogens with one attached hydrogen (secondary N) is 2. The van der Waals surface area contributed by atoms with Gasteiger partial charge in [-0.3, -0.25) is 19.3 Å². The maximum Gasteiger partial charge on any atom is 0.353 e. The van der Waals surface area contributed by atoms with Gasteiger partial charge in [-0.2, -0.15) is 0 Å². The number of fused-ring (bicyclic) bond motifs is 2. The molecule has 0 spiro atoms. The maximum absolute atomic E-state index is 13.2. The van der Waals surface area contributed by atoms with Gasteiger partial charge in [0.2, 0.25) is 11.3 Å². The number of ether oxygens (including phenoxy) is 4. The topological polar surface area (TPSA) is 192 Å². The van der Waals surface area contributed by atoms with E-state index in [1.54, 1.807) is 19.2 Å². The van der Waals surface area contributed by atoms with E-state index in [-0.39, 0.29) is 60.4 Å². The Morgan fingerprint density at radius 2 is 1.83 bits per heavy atom. The summed E-state index contributed by atoms with van der Waals surface area (Å²) in [5, 5.41) is 12.4. The molecule has 14 nitrogen and oxygen atoms in total. The summed E-state index contributed by atoms with van der Waals surface area (Å²) in [5.41, 5.74) is -0.0633. The number of halogens is 2. The zero-order valence-corrected chi connectivity index (χ0v) is 26.6. The third kappa shape index (κ3) is 7.31. The van der Waals surface area contributed by atoms with Crippen molar-refractivity contribution in [3.05, 3.63) is 68.1 Å². The second-order valence-corrected chi connectivity index (χ2v) is 12.5. The van der Waals surface area contributed by atoms with Crippen LogP contribution < -0.4 is 15.6 Å². The lowest BCUT2D eigenvalue weighted by Gasteiger charge is -2.48. The Labute approximate surface area is 274 Å². The first kappa shape index (κ1) is 33.7. The lowest BCUT2D eigenvalue weighted by atomic mass is 10.0. The number of carbonyl (C=O) groups is 3. The fourth-order valence-corrected chi connectivity index (χ4v) is 6.93. The molecule has 2 aliphatic heterocycles. The van der Waals surface area contributed by atoms with Crippen molar-refractivity contribution < 1.29 is 43.0 Å². The average Bonchev–Trinajstić information content (AvgIpc) is 3.02. The van der Waals surface area contributed by atoms with Crippen LogP contribution in [0.1, 0.15) is 0 Å². The monoisotopic (exact) mass is 694 g/mol. The van der Waals surface area contributed by atoms with Crippen LogP contribution in [0.25, 0.3) is 22.3 Å². The van der Waals surface area contributed by atoms with Gasteiger partial charge in [0.05, 0.1) is 42.9 Å². The summed E-state index contributed by atoms with van der Waals surface area (Å²) >= 11 is 10.5. The van der Waals surface area contributed by atoms with Gasteiger partial charge in [-0.05, 0) is 47.6 Å². The molecule has 2 unspecified atom stereocenters. The molecule has 5 rings (SSSR count). The van der Waals surface area contributed by atoms with Crippen molar-refractivity contribution in [3.63, 3.8) is 0 Å². The molecule has 0 aliphatic carbocycles. The molecule has 17 heteroatoms. The molecule has 2 amide bonds. The third-order valence-corrected chi connectivity index (χ3v) is 9.15. The summed E-state index contributed by atoms with van der Waals surface area (Å²) < 4.78 is 34.5. The van der Waals surface area contributed by atoms with Gasteiger partial charge in [-0.25, -0.2) is 9.78 Å². The standard InChI is InChI=1S/C29H28Cl2N4O10S/c1-42-6-7-43-8-9-44-13-22(36)33-23-27(38)35-24(29(39)40)15(14-46(41)28(23)35)12-45-21-5-3-17(31)11-19(21)25-32-20-4-2-16(30)10-18(20)26(37)34-25/h2-5,10-11,23,28H,6-9,12-14H2,1H3,(H,33,36)(H,39,40)(H,32,34,37)/t23-,28?,46?/m1/s1. The minimum absolute atomic E-state index is 0.0903. The highest BCUT2D eigenvalue weighted by Crippen LogP contribution is 2.38. The molecular formula is C29H28Cl2N4O10S. The Morgan fingerprint density at radius 1 is 1.11 bits per heavy atom. The third-order valence-electron chi connectivity index (χ3n) is 7.03. The highest BCUT2D eigenvalue weighted by atomic mass is 35.5. The lowest BCUT2D eigenvalue weighted by Crippen LogP contribution is -2.75. The number of benzene rings is 2. The first-order chi connectivity index (χ1) is 22.1. The fourth-order valence-electron chi connectivity index (χ4n) is 4.92. The number of carbonyl (C=O) groups excluding carboxylic acids is 2. The van der Waals surface area contributed by atoms with Gasteiger partial charge in [-0.1, -0.05) is 23.2 Å². The quantitative estimate of drug-likeness (QED) is 0.126. The Bertz CT molecular complexity index is 1750. The Hall–Kier alpha value is -3.70. The molecule has 1 fully saturated rings. The molecule has 2 aliphatic rings. The summed E-state index contributed by atoms with van der Waals surface area (Å²) in [6, 6.07) is 8.05. The van der Waals surface area contributed by atoms with E-state index in [1.165, 1.54) is 24.3 Å². The van der Waals surface area contributed by atoms with E-state index in [1.807, 2.05) is 0 Å². The molecule has 1 aromatic heterocycles. The number of rotatable bonds is 14. The molecule has 3 N–H and O–H groups in total. The molecule has 244 valence electrons. The van der Waals surface area contributed by atoms with Crippen LogP contribution >= 0.6 is 23.2 Å². The number of β-lactam (4-membered cyclic amide) rings is 1. The first-order valence-electron chi connectivity index (χ1n) is 13.8. The van der Waals surface area contributed by atoms with Gasteiger partial charge in [0.15, 0.2) is 6.04 Å². The van der Waals surface area contributed by atoms with E-state index in [9.17, 15) is 28.8 Å². The number of nitrogens with zero attached hydrogens (tertiary/aromatic N) is 2. The van der Waals surface area contributed by atoms with Gasteiger partial charge >= 0.3 is 5.97 Å². The molecule has 46 heavy (non-hydrogen) atoms. The number of aromatic amines is 1. The van der Waals surface area contributed by atoms with E-state index in [4.69, 9.17) is 42.1 Å². The molecule has 3 heterocycles. The Kier molecular flexibility index (Phi) is 10.8. The molecule has 3 aromatic rings. The first-order valence-corrected chi connectivity index (χ1v) is 15.9. The molecule has 2 aromatic carbocycles. The zero-order chi connectivity index (χ0) is 33.0. The number of amides is 2. The molecule has 0 radical (unpaired) electrons. The maximum atomic E-state index is 13.2. The number of hydrogen-bond acceptors (Lipinski definition) is 10. The Morgan fingerprint density at radius 3 is 2.59 bits per heavy atom. The van der Waals surface area contributed by atoms with E-state index >= 15 is 0 Å². The second kappa shape index (κ2) is 14.8. The largest absolute Gasteiger partial charge is 0.614 e. The van der Waals surface area contributed by atoms with Crippen molar-refractivity contribution in [2.45, 2.75) is 11.4 Å². The number of hydrogen-bond donors (Lipinski definition) is 3. The smallest absolute Gasteiger partial charge is 0.353 e. The van der Waals surface area contributed by atoms with Gasteiger partial charge < -0.3 is 38.9 Å². The molecular weight excluding hydrogens is 667 g/mol. The summed E-state index contributed by atoms with van der Waals surface area (Å²) in [6.45, 7) is 0.431. The van der Waals surface area contributed by atoms with Crippen LogP contribution in [0.5, 0.6) is 5.75 Å². The van der Waals surface area contributed by atoms with Crippen LogP contribution in [0, 0.1) is 0 Å². The van der Waals surface area contributed by atoms with Crippen LogP contribution in [0.2, 0.25) is 10.0 Å². The van der Waals surface area contributed by atoms with E-state index in [2.05, 4.69) is 15.3 Å². The van der Waals surface area contributed by atoms with Crippen LogP contribution in [0.3, 0.4) is 0 Å². The Balaban J connectivity index is 1.29. The normalized spacial score (nSPS) is 19.2. The van der Waals surface area contributed by atoms with Crippen molar-refractivity contribution in [2.24, 2.45) is 0 Å². The van der Waals surface area contributed by atoms with Crippen LogP contribution in [0.15, 0.2) is 52.5 Å². The predicted octanol–water partition coefficient (Wildman–Crippen LogP) is 1.71. The fraction of sp³-hybridized carbons (Fsp3) is 0.345. The number of carboxylic acid groups (broad SMARTS) is 1. The minimum Gasteiger partial charge on any atom is -0.614 e. The molecule has 1 saturated heterocycles. The van der Waals surface area contributed by atoms with E-state index in [0.717, 1.165) is 4.90 Å². The van der Waals surface area contributed by atoms with Gasteiger partial charge in [0, 0.05) is 22.7 Å². The minimum atomic E-state index is -1.77. The van der Waals surface area contributed by atoms with Crippen molar-refractivity contribution in [1.82, 2.24) is 20.2 Å². The summed E-state index contributed by atoms with van der Waals surface area (Å²) in [7, 11) is 1.54. The lowest BCUT2D eigenvalue weighted by molar-refractivity contribution is -0.151. The van der Waals surface area contributed by atoms with Crippen LogP contribution in [0.4, 0.5) is 0 Å². The second-order valence-electron chi connectivity index (χ2n) is 10.1. The molecule has 0 bridgehead atoms. The van der Waals surface area contributed by atoms with Crippen molar-refractivity contribution >= 4 is 63.1 Å². The zero-order valence-electron chi connectivity index (χ0n) is 24.2. The summed E-state index contributed by atoms with van der Waals surface area (Å²) in [6.07, 6.45) is 0. The number of aliphatic carboxylic acids is 1. The van der Waals surface area contributed by atoms with Gasteiger partial charge in [0.25, 0.3) is 11.5 Å². The number of aromatic nitrogens is 2. The average molecular weight is 696 g/mol. The molecule has 0 saturated carbocycles. The van der Waals surface area contributed by atoms with Crippen LogP contribution in [-0.2, 0) is 39.8 Å². The van der Waals surface area contributed by atoms with Crippen molar-refractivity contribution in [2.75, 3.05) is 52.5 Å². The predicted molar refractivity (Wildman–Crippen MR) is 167 cm³/mol. The van der Waals surface area contributed by atoms with Crippen molar-refractivity contribution in [1.29, 1.82) is 0 Å². The van der Waals surface area contributed by atoms with E-state index in [0.29, 0.717) is 34.3 Å². The highest BCUT2D eigenvalue weighted by molar-refractivity contribution is 7.92. The van der Waals surface area contributed by atoms with Gasteiger partial charge in [-0.15, -0.1) is 0 Å². The van der Waals surface area contributed by atoms with E-state index < -0.39 is 45.9 Å². The summed E-state index contributed by atoms with van der Waals surface area (Å²) in [5.74, 6) is -2.68. The molecule has 3 atom stereocenters. The number of methoxy groups -OCH3 is 1. The highest BCUT2D eigenvalue weighted by Gasteiger charge is 2.61. The SMILES string of the molecule is COCCOCCOCC(=O)N[C@@H]1C(=O)N2C(C(=O)O)=C(COc3ccc(Cl)cc3-c3nc4ccc(Cl)cc4c(=O)[nH]3)C[S+]([O-])C12. The van der Waals surface area contributed by atoms with Crippen molar-refractivity contribution in [3.8, 4) is 17.1 Å². The van der Waals surface area contributed by atoms with Gasteiger partial charge in [0.1, 0.15) is 36.2 Å².